The van der Waals surface area contributed by atoms with Crippen LogP contribution in [0.5, 0.6) is 0 Å². The summed E-state index contributed by atoms with van der Waals surface area (Å²) < 4.78 is 40.0. The van der Waals surface area contributed by atoms with Crippen molar-refractivity contribution in [2.75, 3.05) is 26.2 Å². The largest absolute Gasteiger partial charge is 0.340 e. The number of halogens is 3. The van der Waals surface area contributed by atoms with E-state index in [1.807, 2.05) is 59.5 Å². The third-order valence-corrected chi connectivity index (χ3v) is 5.99. The number of rotatable bonds is 7. The van der Waals surface area contributed by atoms with Crippen molar-refractivity contribution in [2.45, 2.75) is 19.4 Å². The van der Waals surface area contributed by atoms with Gasteiger partial charge in [0.2, 0.25) is 5.91 Å². The highest BCUT2D eigenvalue weighted by molar-refractivity contribution is 5.99. The second kappa shape index (κ2) is 10.7. The monoisotopic (exact) mass is 466 g/mol. The second-order valence-corrected chi connectivity index (χ2v) is 8.49. The average Bonchev–Trinajstić information content (AvgIpc) is 2.84. The molecule has 176 valence electrons. The van der Waals surface area contributed by atoms with Gasteiger partial charge in [-0.05, 0) is 34.4 Å². The summed E-state index contributed by atoms with van der Waals surface area (Å²) in [5.74, 6) is -4.26. The summed E-state index contributed by atoms with van der Waals surface area (Å²) in [6, 6.07) is 19.7. The minimum Gasteiger partial charge on any atom is -0.340 e. The van der Waals surface area contributed by atoms with Gasteiger partial charge in [0.15, 0.2) is 17.5 Å². The summed E-state index contributed by atoms with van der Waals surface area (Å²) in [5, 5.41) is 0. The number of ketones is 1. The van der Waals surface area contributed by atoms with E-state index in [4.69, 9.17) is 0 Å². The lowest BCUT2D eigenvalue weighted by molar-refractivity contribution is -0.136. The molecule has 0 unspecified atom stereocenters. The molecule has 1 aliphatic heterocycles. The van der Waals surface area contributed by atoms with E-state index in [1.54, 1.807) is 4.90 Å². The molecule has 7 heteroatoms. The smallest absolute Gasteiger partial charge is 0.230 e. The number of Topliss-reactive ketones (excluding diaryl/α,β-unsaturated/α-hetero) is 1. The van der Waals surface area contributed by atoms with E-state index in [0.717, 1.165) is 28.8 Å². The highest BCUT2D eigenvalue weighted by atomic mass is 19.2. The standard InChI is InChI=1S/C27H25F3N2O2/c28-24-15-20(16-25(29)27(24)30)18-31-10-12-32(13-11-31)26(34)17-23(33)14-19-6-8-22(9-7-19)21-4-2-1-3-5-21/h1-9,15-16H,10-14,17-18H2. The lowest BCUT2D eigenvalue weighted by Crippen LogP contribution is -2.48. The summed E-state index contributed by atoms with van der Waals surface area (Å²) in [7, 11) is 0. The Bertz CT molecular complexity index is 1140. The first-order valence-electron chi connectivity index (χ1n) is 11.2. The molecule has 1 saturated heterocycles. The van der Waals surface area contributed by atoms with Crippen molar-refractivity contribution < 1.29 is 22.8 Å². The van der Waals surface area contributed by atoms with Gasteiger partial charge in [-0.25, -0.2) is 13.2 Å². The second-order valence-electron chi connectivity index (χ2n) is 8.49. The van der Waals surface area contributed by atoms with Crippen molar-refractivity contribution in [2.24, 2.45) is 0 Å². The van der Waals surface area contributed by atoms with Gasteiger partial charge >= 0.3 is 0 Å². The first-order valence-corrected chi connectivity index (χ1v) is 11.2. The Kier molecular flexibility index (Phi) is 7.43. The minimum absolute atomic E-state index is 0.142. The fourth-order valence-corrected chi connectivity index (χ4v) is 4.13. The van der Waals surface area contributed by atoms with Crippen LogP contribution in [-0.2, 0) is 22.6 Å². The Balaban J connectivity index is 1.24. The number of amides is 1. The van der Waals surface area contributed by atoms with Crippen molar-refractivity contribution in [3.8, 4) is 11.1 Å². The van der Waals surface area contributed by atoms with Gasteiger partial charge in [-0.3, -0.25) is 14.5 Å². The quantitative estimate of drug-likeness (QED) is 0.377. The van der Waals surface area contributed by atoms with Crippen LogP contribution in [0.2, 0.25) is 0 Å². The molecule has 34 heavy (non-hydrogen) atoms. The van der Waals surface area contributed by atoms with Gasteiger partial charge in [0.25, 0.3) is 0 Å². The van der Waals surface area contributed by atoms with E-state index < -0.39 is 17.5 Å². The Hall–Kier alpha value is -3.45. The summed E-state index contributed by atoms with van der Waals surface area (Å²) in [5.41, 5.74) is 3.37. The molecule has 1 amide bonds. The highest BCUT2D eigenvalue weighted by Crippen LogP contribution is 2.20. The molecule has 0 aliphatic carbocycles. The number of benzene rings is 3. The maximum Gasteiger partial charge on any atom is 0.230 e. The van der Waals surface area contributed by atoms with E-state index >= 15 is 0 Å². The third kappa shape index (κ3) is 5.91. The van der Waals surface area contributed by atoms with Crippen molar-refractivity contribution >= 4 is 11.7 Å². The van der Waals surface area contributed by atoms with E-state index in [1.165, 1.54) is 0 Å². The molecule has 1 heterocycles. The molecule has 1 aliphatic rings. The molecule has 0 bridgehead atoms. The van der Waals surface area contributed by atoms with E-state index in [-0.39, 0.29) is 31.1 Å². The topological polar surface area (TPSA) is 40.6 Å². The molecular weight excluding hydrogens is 441 g/mol. The molecule has 0 spiro atoms. The lowest BCUT2D eigenvalue weighted by Gasteiger charge is -2.34. The number of piperazine rings is 1. The first-order chi connectivity index (χ1) is 16.4. The van der Waals surface area contributed by atoms with Gasteiger partial charge in [-0.15, -0.1) is 0 Å². The van der Waals surface area contributed by atoms with Crippen LogP contribution in [0.4, 0.5) is 13.2 Å². The maximum atomic E-state index is 13.4. The molecule has 3 aromatic rings. The zero-order valence-corrected chi connectivity index (χ0v) is 18.6. The molecule has 4 nitrogen and oxygen atoms in total. The molecule has 1 fully saturated rings. The molecule has 0 atom stereocenters. The van der Waals surface area contributed by atoms with Gasteiger partial charge in [0.1, 0.15) is 5.78 Å². The van der Waals surface area contributed by atoms with Gasteiger partial charge < -0.3 is 4.90 Å². The fraction of sp³-hybridized carbons (Fsp3) is 0.259. The van der Waals surface area contributed by atoms with Gasteiger partial charge in [-0.1, -0.05) is 54.6 Å². The number of carbonyl (C=O) groups excluding carboxylic acids is 2. The summed E-state index contributed by atoms with van der Waals surface area (Å²) >= 11 is 0. The first kappa shape index (κ1) is 23.7. The average molecular weight is 467 g/mol. The zero-order chi connectivity index (χ0) is 24.1. The van der Waals surface area contributed by atoms with Crippen molar-refractivity contribution in [3.05, 3.63) is 95.3 Å². The Morgan fingerprint density at radius 3 is 1.94 bits per heavy atom. The van der Waals surface area contributed by atoms with Gasteiger partial charge in [0.05, 0.1) is 6.42 Å². The molecular formula is C27H25F3N2O2. The number of hydrogen-bond acceptors (Lipinski definition) is 3. The summed E-state index contributed by atoms with van der Waals surface area (Å²) in [6.45, 7) is 2.10. The predicted octanol–water partition coefficient (Wildman–Crippen LogP) is 4.62. The number of nitrogens with zero attached hydrogens (tertiary/aromatic N) is 2. The van der Waals surface area contributed by atoms with Crippen LogP contribution in [0, 0.1) is 17.5 Å². The van der Waals surface area contributed by atoms with Crippen LogP contribution in [0.15, 0.2) is 66.7 Å². The van der Waals surface area contributed by atoms with E-state index in [0.29, 0.717) is 31.7 Å². The van der Waals surface area contributed by atoms with Crippen LogP contribution in [0.1, 0.15) is 17.5 Å². The Labute approximate surface area is 196 Å². The van der Waals surface area contributed by atoms with Gasteiger partial charge in [0, 0.05) is 39.1 Å². The van der Waals surface area contributed by atoms with Crippen molar-refractivity contribution in [1.82, 2.24) is 9.80 Å². The third-order valence-electron chi connectivity index (χ3n) is 5.99. The van der Waals surface area contributed by atoms with Crippen molar-refractivity contribution in [3.63, 3.8) is 0 Å². The normalized spacial score (nSPS) is 14.3. The molecule has 3 aromatic carbocycles. The van der Waals surface area contributed by atoms with E-state index in [2.05, 4.69) is 0 Å². The molecule has 0 aromatic heterocycles. The van der Waals surface area contributed by atoms with Crippen LogP contribution >= 0.6 is 0 Å². The number of hydrogen-bond donors (Lipinski definition) is 0. The number of carbonyl (C=O) groups is 2. The Morgan fingerprint density at radius 1 is 0.735 bits per heavy atom. The SMILES string of the molecule is O=C(CC(=O)N1CCN(Cc2cc(F)c(F)c(F)c2)CC1)Cc1ccc(-c2ccccc2)cc1. The molecule has 0 radical (unpaired) electrons. The maximum absolute atomic E-state index is 13.4. The molecule has 0 saturated carbocycles. The predicted molar refractivity (Wildman–Crippen MR) is 123 cm³/mol. The zero-order valence-electron chi connectivity index (χ0n) is 18.6. The van der Waals surface area contributed by atoms with E-state index in [9.17, 15) is 22.8 Å². The van der Waals surface area contributed by atoms with Crippen molar-refractivity contribution in [1.29, 1.82) is 0 Å². The molecule has 0 N–H and O–H groups in total. The highest BCUT2D eigenvalue weighted by Gasteiger charge is 2.23. The molecule has 4 rings (SSSR count). The summed E-state index contributed by atoms with van der Waals surface area (Å²) in [4.78, 5) is 28.6. The van der Waals surface area contributed by atoms with Crippen LogP contribution in [-0.4, -0.2) is 47.7 Å². The fourth-order valence-electron chi connectivity index (χ4n) is 4.13. The van der Waals surface area contributed by atoms with Crippen LogP contribution < -0.4 is 0 Å². The summed E-state index contributed by atoms with van der Waals surface area (Å²) in [6.07, 6.45) is 0.0390. The van der Waals surface area contributed by atoms with Crippen LogP contribution in [0.25, 0.3) is 11.1 Å². The van der Waals surface area contributed by atoms with Crippen LogP contribution in [0.3, 0.4) is 0 Å². The Morgan fingerprint density at radius 2 is 1.32 bits per heavy atom. The van der Waals surface area contributed by atoms with Gasteiger partial charge in [-0.2, -0.15) is 0 Å². The lowest BCUT2D eigenvalue weighted by atomic mass is 10.0. The minimum atomic E-state index is -1.48.